The summed E-state index contributed by atoms with van der Waals surface area (Å²) in [5.41, 5.74) is 0.977. The lowest BCUT2D eigenvalue weighted by atomic mass is 10.3. The number of ether oxygens (including phenoxy) is 1. The van der Waals surface area contributed by atoms with Gasteiger partial charge in [0.2, 0.25) is 0 Å². The summed E-state index contributed by atoms with van der Waals surface area (Å²) in [7, 11) is 1.41. The topological polar surface area (TPSA) is 58.6 Å². The van der Waals surface area contributed by atoms with Crippen LogP contribution in [0.25, 0.3) is 10.2 Å². The van der Waals surface area contributed by atoms with E-state index < -0.39 is 0 Å². The Labute approximate surface area is 114 Å². The Morgan fingerprint density at radius 2 is 2.11 bits per heavy atom. The number of carbonyl (C=O) groups is 1. The largest absolute Gasteiger partial charge is 0.453 e. The van der Waals surface area contributed by atoms with Gasteiger partial charge in [-0.1, -0.05) is 0 Å². The summed E-state index contributed by atoms with van der Waals surface area (Å²) < 4.78 is 5.84. The predicted octanol–water partition coefficient (Wildman–Crippen LogP) is 1.58. The molecule has 0 atom stereocenters. The first-order valence-electron chi connectivity index (χ1n) is 6.05. The van der Waals surface area contributed by atoms with Gasteiger partial charge in [-0.05, 0) is 11.4 Å². The van der Waals surface area contributed by atoms with Crippen LogP contribution in [0, 0.1) is 0 Å². The molecule has 3 rings (SSSR count). The molecule has 1 fully saturated rings. The van der Waals surface area contributed by atoms with Crippen LogP contribution in [0.3, 0.4) is 0 Å². The van der Waals surface area contributed by atoms with Crippen molar-refractivity contribution in [2.45, 2.75) is 0 Å². The third-order valence-electron chi connectivity index (χ3n) is 3.24. The van der Waals surface area contributed by atoms with E-state index in [0.717, 1.165) is 29.1 Å². The average molecular weight is 278 g/mol. The molecule has 0 radical (unpaired) electrons. The number of piperazine rings is 1. The van der Waals surface area contributed by atoms with Gasteiger partial charge in [0.05, 0.1) is 17.3 Å². The number of rotatable bonds is 1. The Kier molecular flexibility index (Phi) is 3.20. The SMILES string of the molecule is COC(=O)N1CCN(c2ncnc3ccsc23)CC1. The van der Waals surface area contributed by atoms with E-state index in [1.165, 1.54) is 7.11 Å². The monoisotopic (exact) mass is 278 g/mol. The first kappa shape index (κ1) is 12.2. The van der Waals surface area contributed by atoms with Gasteiger partial charge in [-0.25, -0.2) is 14.8 Å². The minimum atomic E-state index is -0.261. The van der Waals surface area contributed by atoms with Crippen molar-refractivity contribution in [1.82, 2.24) is 14.9 Å². The number of amides is 1. The average Bonchev–Trinajstić information content (AvgIpc) is 2.95. The highest BCUT2D eigenvalue weighted by Gasteiger charge is 2.23. The van der Waals surface area contributed by atoms with E-state index >= 15 is 0 Å². The molecule has 1 aliphatic rings. The van der Waals surface area contributed by atoms with Gasteiger partial charge in [0.25, 0.3) is 0 Å². The smallest absolute Gasteiger partial charge is 0.409 e. The molecule has 0 N–H and O–H groups in total. The second-order valence-corrected chi connectivity index (χ2v) is 5.19. The minimum absolute atomic E-state index is 0.261. The number of methoxy groups -OCH3 is 1. The molecule has 1 saturated heterocycles. The zero-order chi connectivity index (χ0) is 13.2. The number of hydrogen-bond acceptors (Lipinski definition) is 6. The lowest BCUT2D eigenvalue weighted by Crippen LogP contribution is -2.49. The van der Waals surface area contributed by atoms with Gasteiger partial charge in [0, 0.05) is 26.2 Å². The van der Waals surface area contributed by atoms with Crippen LogP contribution in [0.2, 0.25) is 0 Å². The second kappa shape index (κ2) is 5.00. The van der Waals surface area contributed by atoms with E-state index in [2.05, 4.69) is 14.9 Å². The van der Waals surface area contributed by atoms with Crippen molar-refractivity contribution in [3.05, 3.63) is 17.8 Å². The van der Waals surface area contributed by atoms with Crippen LogP contribution >= 0.6 is 11.3 Å². The molecule has 0 bridgehead atoms. The number of carbonyl (C=O) groups excluding carboxylic acids is 1. The maximum Gasteiger partial charge on any atom is 0.409 e. The number of fused-ring (bicyclic) bond motifs is 1. The molecule has 7 heteroatoms. The third kappa shape index (κ3) is 2.21. The molecular formula is C12H14N4O2S. The molecule has 0 aliphatic carbocycles. The van der Waals surface area contributed by atoms with Crippen LogP contribution in [0.15, 0.2) is 17.8 Å². The highest BCUT2D eigenvalue weighted by atomic mass is 32.1. The number of thiophene rings is 1. The molecule has 1 amide bonds. The molecule has 0 unspecified atom stereocenters. The Bertz CT molecular complexity index is 592. The summed E-state index contributed by atoms with van der Waals surface area (Å²) in [6.07, 6.45) is 1.33. The van der Waals surface area contributed by atoms with Crippen LogP contribution in [0.1, 0.15) is 0 Å². The van der Waals surface area contributed by atoms with E-state index in [0.29, 0.717) is 13.1 Å². The maximum atomic E-state index is 11.4. The lowest BCUT2D eigenvalue weighted by Gasteiger charge is -2.34. The molecule has 1 aliphatic heterocycles. The highest BCUT2D eigenvalue weighted by molar-refractivity contribution is 7.17. The number of hydrogen-bond donors (Lipinski definition) is 0. The van der Waals surface area contributed by atoms with E-state index in [4.69, 9.17) is 4.74 Å². The summed E-state index contributed by atoms with van der Waals surface area (Å²) in [4.78, 5) is 24.0. The standard InChI is InChI=1S/C12H14N4O2S/c1-18-12(17)16-5-3-15(4-6-16)11-10-9(2-7-19-10)13-8-14-11/h2,7-8H,3-6H2,1H3. The summed E-state index contributed by atoms with van der Waals surface area (Å²) in [6.45, 7) is 2.84. The molecule has 2 aromatic rings. The zero-order valence-electron chi connectivity index (χ0n) is 10.6. The van der Waals surface area contributed by atoms with Gasteiger partial charge < -0.3 is 14.5 Å². The van der Waals surface area contributed by atoms with E-state index in [1.54, 1.807) is 22.6 Å². The molecular weight excluding hydrogens is 264 g/mol. The summed E-state index contributed by atoms with van der Waals surface area (Å²) in [5, 5.41) is 2.02. The van der Waals surface area contributed by atoms with Crippen LogP contribution in [-0.4, -0.2) is 54.2 Å². The minimum Gasteiger partial charge on any atom is -0.453 e. The van der Waals surface area contributed by atoms with Crippen molar-refractivity contribution in [1.29, 1.82) is 0 Å². The fraction of sp³-hybridized carbons (Fsp3) is 0.417. The van der Waals surface area contributed by atoms with Gasteiger partial charge in [-0.3, -0.25) is 0 Å². The van der Waals surface area contributed by atoms with Crippen LogP contribution in [-0.2, 0) is 4.74 Å². The Balaban J connectivity index is 1.78. The Morgan fingerprint density at radius 3 is 2.84 bits per heavy atom. The summed E-state index contributed by atoms with van der Waals surface area (Å²) in [6, 6.07) is 2.00. The van der Waals surface area contributed by atoms with Crippen molar-refractivity contribution in [2.75, 3.05) is 38.2 Å². The zero-order valence-corrected chi connectivity index (χ0v) is 11.4. The number of nitrogens with zero attached hydrogens (tertiary/aromatic N) is 4. The highest BCUT2D eigenvalue weighted by Crippen LogP contribution is 2.28. The van der Waals surface area contributed by atoms with Gasteiger partial charge in [-0.15, -0.1) is 11.3 Å². The third-order valence-corrected chi connectivity index (χ3v) is 4.14. The summed E-state index contributed by atoms with van der Waals surface area (Å²) >= 11 is 1.65. The Hall–Kier alpha value is -1.89. The van der Waals surface area contributed by atoms with Crippen molar-refractivity contribution >= 4 is 33.5 Å². The van der Waals surface area contributed by atoms with E-state index in [-0.39, 0.29) is 6.09 Å². The number of aromatic nitrogens is 2. The lowest BCUT2D eigenvalue weighted by molar-refractivity contribution is 0.121. The quantitative estimate of drug-likeness (QED) is 0.792. The molecule has 3 heterocycles. The predicted molar refractivity (Wildman–Crippen MR) is 73.6 cm³/mol. The van der Waals surface area contributed by atoms with Crippen LogP contribution in [0.4, 0.5) is 10.6 Å². The Morgan fingerprint density at radius 1 is 1.32 bits per heavy atom. The fourth-order valence-electron chi connectivity index (χ4n) is 2.23. The first-order chi connectivity index (χ1) is 9.29. The van der Waals surface area contributed by atoms with Gasteiger partial charge >= 0.3 is 6.09 Å². The maximum absolute atomic E-state index is 11.4. The molecule has 6 nitrogen and oxygen atoms in total. The van der Waals surface area contributed by atoms with Crippen LogP contribution in [0.5, 0.6) is 0 Å². The molecule has 19 heavy (non-hydrogen) atoms. The van der Waals surface area contributed by atoms with Gasteiger partial charge in [0.1, 0.15) is 12.1 Å². The fourth-order valence-corrected chi connectivity index (χ4v) is 3.09. The molecule has 100 valence electrons. The number of anilines is 1. The molecule has 2 aromatic heterocycles. The first-order valence-corrected chi connectivity index (χ1v) is 6.93. The summed E-state index contributed by atoms with van der Waals surface area (Å²) in [5.74, 6) is 0.963. The van der Waals surface area contributed by atoms with E-state index in [1.807, 2.05) is 11.4 Å². The second-order valence-electron chi connectivity index (χ2n) is 4.28. The molecule has 0 aromatic carbocycles. The van der Waals surface area contributed by atoms with Crippen molar-refractivity contribution in [3.63, 3.8) is 0 Å². The van der Waals surface area contributed by atoms with Gasteiger partial charge in [-0.2, -0.15) is 0 Å². The van der Waals surface area contributed by atoms with Crippen molar-refractivity contribution < 1.29 is 9.53 Å². The normalized spacial score (nSPS) is 15.8. The molecule has 0 spiro atoms. The van der Waals surface area contributed by atoms with Gasteiger partial charge in [0.15, 0.2) is 0 Å². The van der Waals surface area contributed by atoms with Crippen molar-refractivity contribution in [2.24, 2.45) is 0 Å². The van der Waals surface area contributed by atoms with E-state index in [9.17, 15) is 4.79 Å². The van der Waals surface area contributed by atoms with Crippen LogP contribution < -0.4 is 4.90 Å². The van der Waals surface area contributed by atoms with Crippen molar-refractivity contribution in [3.8, 4) is 0 Å². The molecule has 0 saturated carbocycles.